The molecule has 1 fully saturated rings. The summed E-state index contributed by atoms with van der Waals surface area (Å²) in [6, 6.07) is -0.351. The predicted molar refractivity (Wildman–Crippen MR) is 72.7 cm³/mol. The van der Waals surface area contributed by atoms with Crippen LogP contribution in [0.2, 0.25) is 0 Å². The van der Waals surface area contributed by atoms with Gasteiger partial charge in [-0.25, -0.2) is 0 Å². The second kappa shape index (κ2) is 8.12. The second-order valence-corrected chi connectivity index (χ2v) is 5.01. The minimum Gasteiger partial charge on any atom is -0.383 e. The Morgan fingerprint density at radius 2 is 2.21 bits per heavy atom. The topological polar surface area (TPSA) is 79.5 Å². The highest BCUT2D eigenvalue weighted by atomic mass is 16.5. The smallest absolute Gasteiger partial charge is 0.242 e. The molecule has 1 aliphatic heterocycles. The van der Waals surface area contributed by atoms with Crippen LogP contribution < -0.4 is 16.0 Å². The number of amides is 2. The molecule has 1 heterocycles. The minimum absolute atomic E-state index is 0.0471. The molecule has 2 amide bonds. The molecule has 0 bridgehead atoms. The van der Waals surface area contributed by atoms with Crippen LogP contribution in [0, 0.1) is 5.92 Å². The van der Waals surface area contributed by atoms with Gasteiger partial charge in [-0.15, -0.1) is 0 Å². The summed E-state index contributed by atoms with van der Waals surface area (Å²) in [5.74, 6) is -0.279. The molecule has 6 heteroatoms. The van der Waals surface area contributed by atoms with E-state index in [0.29, 0.717) is 13.2 Å². The van der Waals surface area contributed by atoms with E-state index in [1.807, 2.05) is 6.92 Å². The molecule has 3 atom stereocenters. The fraction of sp³-hybridized carbons (Fsp3) is 0.846. The van der Waals surface area contributed by atoms with Crippen molar-refractivity contribution in [1.82, 2.24) is 16.0 Å². The molecule has 110 valence electrons. The van der Waals surface area contributed by atoms with Crippen molar-refractivity contribution < 1.29 is 14.3 Å². The fourth-order valence-electron chi connectivity index (χ4n) is 2.22. The zero-order valence-electron chi connectivity index (χ0n) is 12.0. The van der Waals surface area contributed by atoms with Crippen LogP contribution in [-0.4, -0.2) is 50.7 Å². The number of hydrogen-bond donors (Lipinski definition) is 3. The first-order valence-electron chi connectivity index (χ1n) is 6.86. The Kier molecular flexibility index (Phi) is 6.80. The van der Waals surface area contributed by atoms with Gasteiger partial charge in [0, 0.05) is 19.7 Å². The van der Waals surface area contributed by atoms with Gasteiger partial charge < -0.3 is 20.7 Å². The van der Waals surface area contributed by atoms with Gasteiger partial charge in [0.05, 0.1) is 12.5 Å². The number of hydrogen-bond acceptors (Lipinski definition) is 4. The maximum Gasteiger partial charge on any atom is 0.242 e. The Balaban J connectivity index is 2.35. The Morgan fingerprint density at radius 3 is 2.84 bits per heavy atom. The van der Waals surface area contributed by atoms with Gasteiger partial charge in [-0.1, -0.05) is 0 Å². The van der Waals surface area contributed by atoms with Crippen molar-refractivity contribution in [3.05, 3.63) is 0 Å². The van der Waals surface area contributed by atoms with E-state index >= 15 is 0 Å². The Bertz CT molecular complexity index is 310. The van der Waals surface area contributed by atoms with E-state index in [0.717, 1.165) is 19.4 Å². The van der Waals surface area contributed by atoms with Crippen LogP contribution >= 0.6 is 0 Å². The number of nitrogens with one attached hydrogen (secondary N) is 3. The molecule has 19 heavy (non-hydrogen) atoms. The van der Waals surface area contributed by atoms with Crippen LogP contribution in [0.5, 0.6) is 0 Å². The van der Waals surface area contributed by atoms with Gasteiger partial charge in [0.15, 0.2) is 0 Å². The Hall–Kier alpha value is -1.14. The lowest BCUT2D eigenvalue weighted by Crippen LogP contribution is -2.52. The highest BCUT2D eigenvalue weighted by molar-refractivity contribution is 5.88. The quantitative estimate of drug-likeness (QED) is 0.577. The first kappa shape index (κ1) is 15.9. The second-order valence-electron chi connectivity index (χ2n) is 5.01. The number of carbonyl (C=O) groups excluding carboxylic acids is 2. The molecule has 0 aliphatic carbocycles. The van der Waals surface area contributed by atoms with Crippen molar-refractivity contribution in [2.75, 3.05) is 26.8 Å². The molecular weight excluding hydrogens is 246 g/mol. The summed E-state index contributed by atoms with van der Waals surface area (Å²) in [6.45, 7) is 5.58. The number of carbonyl (C=O) groups is 2. The summed E-state index contributed by atoms with van der Waals surface area (Å²) >= 11 is 0. The number of ether oxygens (including phenoxy) is 1. The molecule has 0 aromatic heterocycles. The summed E-state index contributed by atoms with van der Waals surface area (Å²) in [7, 11) is 1.58. The number of piperidine rings is 1. The third kappa shape index (κ3) is 5.16. The van der Waals surface area contributed by atoms with E-state index in [1.54, 1.807) is 14.0 Å². The van der Waals surface area contributed by atoms with E-state index in [4.69, 9.17) is 4.74 Å². The third-order valence-corrected chi connectivity index (χ3v) is 3.46. The highest BCUT2D eigenvalue weighted by Gasteiger charge is 2.29. The van der Waals surface area contributed by atoms with Gasteiger partial charge in [-0.05, 0) is 33.2 Å². The number of rotatable bonds is 6. The van der Waals surface area contributed by atoms with Gasteiger partial charge >= 0.3 is 0 Å². The standard InChI is InChI=1S/C13H25N3O3/c1-9-11(5-4-6-14-9)13(18)16-10(2)12(17)15-7-8-19-3/h9-11,14H,4-8H2,1-3H3,(H,15,17)(H,16,18). The summed E-state index contributed by atoms with van der Waals surface area (Å²) in [5, 5.41) is 8.76. The average Bonchev–Trinajstić information content (AvgIpc) is 2.39. The van der Waals surface area contributed by atoms with Gasteiger partial charge in [0.25, 0.3) is 0 Å². The van der Waals surface area contributed by atoms with E-state index < -0.39 is 6.04 Å². The van der Waals surface area contributed by atoms with Crippen molar-refractivity contribution in [2.45, 2.75) is 38.8 Å². The molecule has 1 saturated heterocycles. The highest BCUT2D eigenvalue weighted by Crippen LogP contribution is 2.16. The van der Waals surface area contributed by atoms with Crippen molar-refractivity contribution >= 4 is 11.8 Å². The van der Waals surface area contributed by atoms with E-state index in [2.05, 4.69) is 16.0 Å². The van der Waals surface area contributed by atoms with Crippen molar-refractivity contribution in [2.24, 2.45) is 5.92 Å². The maximum absolute atomic E-state index is 12.1. The molecule has 0 aromatic rings. The molecule has 0 aromatic carbocycles. The molecule has 3 N–H and O–H groups in total. The minimum atomic E-state index is -0.515. The van der Waals surface area contributed by atoms with E-state index in [9.17, 15) is 9.59 Å². The van der Waals surface area contributed by atoms with Crippen LogP contribution in [0.15, 0.2) is 0 Å². The Morgan fingerprint density at radius 1 is 1.47 bits per heavy atom. The van der Waals surface area contributed by atoms with Crippen molar-refractivity contribution in [1.29, 1.82) is 0 Å². The molecular formula is C13H25N3O3. The van der Waals surface area contributed by atoms with E-state index in [-0.39, 0.29) is 23.8 Å². The molecule has 0 saturated carbocycles. The van der Waals surface area contributed by atoms with Crippen molar-refractivity contribution in [3.63, 3.8) is 0 Å². The molecule has 3 unspecified atom stereocenters. The van der Waals surface area contributed by atoms with Crippen LogP contribution in [0.25, 0.3) is 0 Å². The molecule has 1 aliphatic rings. The van der Waals surface area contributed by atoms with Crippen molar-refractivity contribution in [3.8, 4) is 0 Å². The average molecular weight is 271 g/mol. The summed E-state index contributed by atoms with van der Waals surface area (Å²) in [6.07, 6.45) is 1.87. The van der Waals surface area contributed by atoms with E-state index in [1.165, 1.54) is 0 Å². The number of methoxy groups -OCH3 is 1. The monoisotopic (exact) mass is 271 g/mol. The first-order valence-corrected chi connectivity index (χ1v) is 6.86. The molecule has 1 rings (SSSR count). The molecule has 0 spiro atoms. The molecule has 0 radical (unpaired) electrons. The fourth-order valence-corrected chi connectivity index (χ4v) is 2.22. The van der Waals surface area contributed by atoms with Crippen LogP contribution in [0.3, 0.4) is 0 Å². The van der Waals surface area contributed by atoms with Gasteiger partial charge in [0.2, 0.25) is 11.8 Å². The normalized spacial score (nSPS) is 24.6. The van der Waals surface area contributed by atoms with Crippen LogP contribution in [0.1, 0.15) is 26.7 Å². The summed E-state index contributed by atoms with van der Waals surface area (Å²) < 4.78 is 4.85. The summed E-state index contributed by atoms with van der Waals surface area (Å²) in [5.41, 5.74) is 0. The maximum atomic E-state index is 12.1. The SMILES string of the molecule is COCCNC(=O)C(C)NC(=O)C1CCCNC1C. The summed E-state index contributed by atoms with van der Waals surface area (Å²) in [4.78, 5) is 23.8. The van der Waals surface area contributed by atoms with Gasteiger partial charge in [-0.2, -0.15) is 0 Å². The zero-order chi connectivity index (χ0) is 14.3. The van der Waals surface area contributed by atoms with Crippen LogP contribution in [-0.2, 0) is 14.3 Å². The first-order chi connectivity index (χ1) is 9.06. The zero-order valence-corrected chi connectivity index (χ0v) is 12.0. The largest absolute Gasteiger partial charge is 0.383 e. The lowest BCUT2D eigenvalue weighted by Gasteiger charge is -2.29. The third-order valence-electron chi connectivity index (χ3n) is 3.46. The lowest BCUT2D eigenvalue weighted by molar-refractivity contribution is -0.131. The molecule has 6 nitrogen and oxygen atoms in total. The van der Waals surface area contributed by atoms with Gasteiger partial charge in [0.1, 0.15) is 6.04 Å². The van der Waals surface area contributed by atoms with Gasteiger partial charge in [-0.3, -0.25) is 9.59 Å². The predicted octanol–water partition coefficient (Wildman–Crippen LogP) is -0.358. The van der Waals surface area contributed by atoms with Crippen LogP contribution in [0.4, 0.5) is 0 Å². The lowest BCUT2D eigenvalue weighted by atomic mass is 9.91. The Labute approximate surface area is 114 Å².